The Morgan fingerprint density at radius 2 is 2.00 bits per heavy atom. The molecule has 4 atom stereocenters. The molecule has 1 fully saturated rings. The van der Waals surface area contributed by atoms with E-state index in [9.17, 15) is 24.6 Å². The van der Waals surface area contributed by atoms with E-state index in [4.69, 9.17) is 9.47 Å². The zero-order valence-corrected chi connectivity index (χ0v) is 13.1. The molecule has 9 heteroatoms. The van der Waals surface area contributed by atoms with Crippen LogP contribution in [0.1, 0.15) is 27.0 Å². The number of hydrogen-bond acceptors (Lipinski definition) is 7. The Bertz CT molecular complexity index is 687. The van der Waals surface area contributed by atoms with Gasteiger partial charge in [-0.25, -0.2) is 4.79 Å². The molecule has 0 saturated carbocycles. The van der Waals surface area contributed by atoms with Crippen LogP contribution < -0.4 is 11.2 Å². The van der Waals surface area contributed by atoms with Crippen LogP contribution in [0, 0.1) is 5.41 Å². The maximum absolute atomic E-state index is 11.7. The number of H-pyrrole nitrogens is 1. The van der Waals surface area contributed by atoms with E-state index in [1.807, 2.05) is 4.98 Å². The van der Waals surface area contributed by atoms with Crippen LogP contribution in [-0.2, 0) is 14.3 Å². The molecular weight excluding hydrogens is 308 g/mol. The number of hydrogen-bond donors (Lipinski definition) is 3. The van der Waals surface area contributed by atoms with Gasteiger partial charge < -0.3 is 19.7 Å². The number of aliphatic hydroxyl groups is 2. The summed E-state index contributed by atoms with van der Waals surface area (Å²) < 4.78 is 11.4. The molecule has 2 heterocycles. The Hall–Kier alpha value is -1.97. The van der Waals surface area contributed by atoms with Crippen molar-refractivity contribution < 1.29 is 24.5 Å². The van der Waals surface area contributed by atoms with Crippen molar-refractivity contribution in [2.75, 3.05) is 6.61 Å². The largest absolute Gasteiger partial charge is 0.462 e. The molecule has 0 amide bonds. The fourth-order valence-corrected chi connectivity index (χ4v) is 2.10. The van der Waals surface area contributed by atoms with Crippen LogP contribution in [-0.4, -0.2) is 50.7 Å². The van der Waals surface area contributed by atoms with E-state index in [1.165, 1.54) is 0 Å². The number of carbonyl (C=O) groups is 1. The highest BCUT2D eigenvalue weighted by molar-refractivity contribution is 5.75. The molecule has 0 unspecified atom stereocenters. The highest BCUT2D eigenvalue weighted by Gasteiger charge is 2.45. The van der Waals surface area contributed by atoms with Gasteiger partial charge in [0.1, 0.15) is 24.9 Å². The molecule has 0 bridgehead atoms. The number of aliphatic hydroxyl groups excluding tert-OH is 2. The lowest BCUT2D eigenvalue weighted by Crippen LogP contribution is -2.38. The Kier molecular flexibility index (Phi) is 4.73. The van der Waals surface area contributed by atoms with Crippen LogP contribution in [0.3, 0.4) is 0 Å². The highest BCUT2D eigenvalue weighted by Crippen LogP contribution is 2.28. The van der Waals surface area contributed by atoms with Crippen LogP contribution in [0.4, 0.5) is 0 Å². The number of aromatic nitrogens is 2. The van der Waals surface area contributed by atoms with Crippen LogP contribution in [0.5, 0.6) is 0 Å². The summed E-state index contributed by atoms with van der Waals surface area (Å²) in [6, 6.07) is 1.09. The molecule has 9 nitrogen and oxygen atoms in total. The zero-order chi connectivity index (χ0) is 17.4. The van der Waals surface area contributed by atoms with Crippen LogP contribution in [0.25, 0.3) is 0 Å². The lowest BCUT2D eigenvalue weighted by molar-refractivity contribution is -0.159. The summed E-state index contributed by atoms with van der Waals surface area (Å²) in [6.07, 6.45) is -3.76. The Labute approximate surface area is 131 Å². The number of aromatic amines is 1. The zero-order valence-electron chi connectivity index (χ0n) is 13.1. The number of nitrogens with one attached hydrogen (secondary N) is 1. The lowest BCUT2D eigenvalue weighted by atomic mass is 9.97. The summed E-state index contributed by atoms with van der Waals surface area (Å²) in [4.78, 5) is 36.6. The third kappa shape index (κ3) is 3.69. The van der Waals surface area contributed by atoms with Crippen LogP contribution in [0.15, 0.2) is 21.9 Å². The molecule has 23 heavy (non-hydrogen) atoms. The quantitative estimate of drug-likeness (QED) is 0.591. The van der Waals surface area contributed by atoms with Gasteiger partial charge in [0, 0.05) is 12.3 Å². The lowest BCUT2D eigenvalue weighted by Gasteiger charge is -2.20. The van der Waals surface area contributed by atoms with E-state index in [1.54, 1.807) is 20.8 Å². The van der Waals surface area contributed by atoms with Crippen molar-refractivity contribution in [3.8, 4) is 0 Å². The number of nitrogens with zero attached hydrogens (tertiary/aromatic N) is 1. The second kappa shape index (κ2) is 6.26. The minimum atomic E-state index is -1.41. The first-order valence-corrected chi connectivity index (χ1v) is 7.11. The van der Waals surface area contributed by atoms with Gasteiger partial charge in [-0.1, -0.05) is 0 Å². The molecule has 3 N–H and O–H groups in total. The van der Waals surface area contributed by atoms with Crippen LogP contribution >= 0.6 is 0 Å². The number of carbonyl (C=O) groups excluding carboxylic acids is 1. The average molecular weight is 328 g/mol. The van der Waals surface area contributed by atoms with Crippen molar-refractivity contribution in [2.24, 2.45) is 5.41 Å². The molecule has 0 aliphatic carbocycles. The highest BCUT2D eigenvalue weighted by atomic mass is 16.6. The van der Waals surface area contributed by atoms with Crippen molar-refractivity contribution in [3.63, 3.8) is 0 Å². The van der Waals surface area contributed by atoms with E-state index in [2.05, 4.69) is 0 Å². The summed E-state index contributed by atoms with van der Waals surface area (Å²) >= 11 is 0. The van der Waals surface area contributed by atoms with Crippen molar-refractivity contribution >= 4 is 5.97 Å². The van der Waals surface area contributed by atoms with Gasteiger partial charge in [-0.3, -0.25) is 19.1 Å². The normalized spacial score (nSPS) is 27.9. The summed E-state index contributed by atoms with van der Waals surface area (Å²) in [5.74, 6) is -0.479. The van der Waals surface area contributed by atoms with E-state index < -0.39 is 47.2 Å². The van der Waals surface area contributed by atoms with Gasteiger partial charge in [0.2, 0.25) is 0 Å². The van der Waals surface area contributed by atoms with Gasteiger partial charge in [-0.2, -0.15) is 0 Å². The fourth-order valence-electron chi connectivity index (χ4n) is 2.10. The van der Waals surface area contributed by atoms with Crippen molar-refractivity contribution in [2.45, 2.75) is 45.3 Å². The van der Waals surface area contributed by atoms with Gasteiger partial charge >= 0.3 is 11.7 Å². The second-order valence-corrected chi connectivity index (χ2v) is 6.41. The molecule has 0 aromatic carbocycles. The van der Waals surface area contributed by atoms with Crippen molar-refractivity contribution in [3.05, 3.63) is 33.1 Å². The van der Waals surface area contributed by atoms with Crippen LogP contribution in [0.2, 0.25) is 0 Å². The fraction of sp³-hybridized carbons (Fsp3) is 0.643. The molecule has 1 aliphatic heterocycles. The van der Waals surface area contributed by atoms with Gasteiger partial charge in [-0.05, 0) is 20.8 Å². The van der Waals surface area contributed by atoms with E-state index in [0.29, 0.717) is 0 Å². The first kappa shape index (κ1) is 17.4. The average Bonchev–Trinajstić information content (AvgIpc) is 2.72. The topological polar surface area (TPSA) is 131 Å². The molecular formula is C14H20N2O7. The molecule has 1 aromatic heterocycles. The summed E-state index contributed by atoms with van der Waals surface area (Å²) in [5, 5.41) is 20.0. The molecule has 1 aromatic rings. The minimum Gasteiger partial charge on any atom is -0.462 e. The first-order valence-electron chi connectivity index (χ1n) is 7.11. The molecule has 1 saturated heterocycles. The summed E-state index contributed by atoms with van der Waals surface area (Å²) in [7, 11) is 0. The first-order chi connectivity index (χ1) is 10.6. The summed E-state index contributed by atoms with van der Waals surface area (Å²) in [5.41, 5.74) is -2.08. The monoisotopic (exact) mass is 328 g/mol. The Morgan fingerprint density at radius 3 is 2.57 bits per heavy atom. The smallest absolute Gasteiger partial charge is 0.330 e. The molecule has 2 rings (SSSR count). The third-order valence-corrected chi connectivity index (χ3v) is 3.45. The maximum Gasteiger partial charge on any atom is 0.330 e. The van der Waals surface area contributed by atoms with Crippen molar-refractivity contribution in [1.82, 2.24) is 9.55 Å². The number of rotatable bonds is 3. The van der Waals surface area contributed by atoms with Gasteiger partial charge in [0.15, 0.2) is 6.23 Å². The second-order valence-electron chi connectivity index (χ2n) is 6.41. The Morgan fingerprint density at radius 1 is 1.35 bits per heavy atom. The molecule has 0 radical (unpaired) electrons. The SMILES string of the molecule is CC(C)(C)C(=O)OC[C@H]1O[C@@H](n2ccc(=O)[nH]c2=O)[C@H](O)[C@@H]1O. The number of ether oxygens (including phenoxy) is 2. The maximum atomic E-state index is 11.7. The number of esters is 1. The summed E-state index contributed by atoms with van der Waals surface area (Å²) in [6.45, 7) is 4.78. The minimum absolute atomic E-state index is 0.261. The van der Waals surface area contributed by atoms with E-state index >= 15 is 0 Å². The van der Waals surface area contributed by atoms with Gasteiger partial charge in [-0.15, -0.1) is 0 Å². The van der Waals surface area contributed by atoms with Gasteiger partial charge in [0.05, 0.1) is 5.41 Å². The molecule has 0 spiro atoms. The predicted molar refractivity (Wildman–Crippen MR) is 77.7 cm³/mol. The van der Waals surface area contributed by atoms with E-state index in [-0.39, 0.29) is 6.61 Å². The predicted octanol–water partition coefficient (Wildman–Crippen LogP) is -1.25. The Balaban J connectivity index is 2.11. The van der Waals surface area contributed by atoms with E-state index in [0.717, 1.165) is 16.8 Å². The molecule has 1 aliphatic rings. The standard InChI is InChI=1S/C14H20N2O7/c1-14(2,3)12(20)22-6-7-9(18)10(19)11(23-7)16-5-4-8(17)15-13(16)21/h4-5,7,9-11,18-19H,6H2,1-3H3,(H,15,17,21)/t7-,9-,10-,11-/m1/s1. The third-order valence-electron chi connectivity index (χ3n) is 3.45. The molecule has 128 valence electrons. The van der Waals surface area contributed by atoms with Gasteiger partial charge in [0.25, 0.3) is 5.56 Å². The van der Waals surface area contributed by atoms with Crippen molar-refractivity contribution in [1.29, 1.82) is 0 Å².